The molecule has 0 bridgehead atoms. The van der Waals surface area contributed by atoms with Gasteiger partial charge in [0.2, 0.25) is 0 Å². The number of nitrogens with zero attached hydrogens (tertiary/aromatic N) is 3. The number of rotatable bonds is 8. The molecule has 1 amide bonds. The predicted octanol–water partition coefficient (Wildman–Crippen LogP) is 5.21. The third-order valence-electron chi connectivity index (χ3n) is 6.12. The van der Waals surface area contributed by atoms with Gasteiger partial charge in [-0.25, -0.2) is 14.5 Å². The Morgan fingerprint density at radius 2 is 1.62 bits per heavy atom. The van der Waals surface area contributed by atoms with E-state index in [1.807, 2.05) is 67.6 Å². The average Bonchev–Trinajstić information content (AvgIpc) is 3.32. The van der Waals surface area contributed by atoms with Crippen LogP contribution in [0, 0.1) is 6.92 Å². The van der Waals surface area contributed by atoms with Crippen LogP contribution in [0.3, 0.4) is 0 Å². The first-order chi connectivity index (χ1) is 19.0. The minimum Gasteiger partial charge on any atom is -0.497 e. The van der Waals surface area contributed by atoms with E-state index in [0.29, 0.717) is 39.6 Å². The number of carbonyl (C=O) groups is 2. The van der Waals surface area contributed by atoms with Gasteiger partial charge in [-0.15, -0.1) is 0 Å². The van der Waals surface area contributed by atoms with E-state index in [-0.39, 0.29) is 5.56 Å². The summed E-state index contributed by atoms with van der Waals surface area (Å²) in [6.07, 6.45) is 0. The maximum Gasteiger partial charge on any atom is 0.339 e. The van der Waals surface area contributed by atoms with Gasteiger partial charge in [0, 0.05) is 11.6 Å². The molecule has 196 valence electrons. The molecule has 2 heterocycles. The lowest BCUT2D eigenvalue weighted by Crippen LogP contribution is -2.21. The molecule has 0 aliphatic heterocycles. The maximum atomic E-state index is 13.4. The first kappa shape index (κ1) is 25.5. The molecule has 39 heavy (non-hydrogen) atoms. The lowest BCUT2D eigenvalue weighted by Gasteiger charge is -2.12. The number of benzene rings is 3. The first-order valence-electron chi connectivity index (χ1n) is 12.2. The Balaban J connectivity index is 1.48. The molecule has 9 nitrogen and oxygen atoms in total. The van der Waals surface area contributed by atoms with Gasteiger partial charge in [0.05, 0.1) is 47.9 Å². The van der Waals surface area contributed by atoms with Crippen LogP contribution in [0.2, 0.25) is 0 Å². The van der Waals surface area contributed by atoms with Crippen molar-refractivity contribution in [2.24, 2.45) is 0 Å². The lowest BCUT2D eigenvalue weighted by molar-refractivity contribution is -0.119. The molecule has 3 aromatic carbocycles. The van der Waals surface area contributed by atoms with Crippen molar-refractivity contribution in [2.75, 3.05) is 26.1 Å². The van der Waals surface area contributed by atoms with Crippen LogP contribution in [0.1, 0.15) is 16.1 Å². The number of pyridine rings is 1. The van der Waals surface area contributed by atoms with E-state index in [2.05, 4.69) is 10.4 Å². The highest BCUT2D eigenvalue weighted by Crippen LogP contribution is 2.30. The van der Waals surface area contributed by atoms with Crippen molar-refractivity contribution < 1.29 is 23.8 Å². The van der Waals surface area contributed by atoms with Crippen LogP contribution in [0.25, 0.3) is 28.0 Å². The molecule has 0 radical (unpaired) electrons. The van der Waals surface area contributed by atoms with Crippen molar-refractivity contribution in [1.29, 1.82) is 0 Å². The zero-order chi connectivity index (χ0) is 27.4. The number of carbonyl (C=O) groups excluding carboxylic acids is 2. The zero-order valence-electron chi connectivity index (χ0n) is 21.7. The topological polar surface area (TPSA) is 105 Å². The number of hydrogen-bond donors (Lipinski definition) is 1. The fourth-order valence-corrected chi connectivity index (χ4v) is 4.26. The zero-order valence-corrected chi connectivity index (χ0v) is 21.7. The molecule has 1 N–H and O–H groups in total. The Hall–Kier alpha value is -5.18. The summed E-state index contributed by atoms with van der Waals surface area (Å²) in [7, 11) is 3.02. The van der Waals surface area contributed by atoms with E-state index >= 15 is 0 Å². The fourth-order valence-electron chi connectivity index (χ4n) is 4.26. The van der Waals surface area contributed by atoms with Crippen LogP contribution in [0.5, 0.6) is 11.5 Å². The molecular weight excluding hydrogens is 496 g/mol. The number of para-hydroxylation sites is 1. The summed E-state index contributed by atoms with van der Waals surface area (Å²) >= 11 is 0. The van der Waals surface area contributed by atoms with Crippen molar-refractivity contribution in [1.82, 2.24) is 14.8 Å². The minimum atomic E-state index is -0.664. The van der Waals surface area contributed by atoms with Crippen molar-refractivity contribution >= 4 is 28.6 Å². The Morgan fingerprint density at radius 3 is 2.31 bits per heavy atom. The van der Waals surface area contributed by atoms with Crippen LogP contribution in [-0.2, 0) is 9.53 Å². The number of anilines is 1. The number of nitrogens with one attached hydrogen (secondary N) is 1. The number of methoxy groups -OCH3 is 2. The highest BCUT2D eigenvalue weighted by atomic mass is 16.5. The normalized spacial score (nSPS) is 10.7. The van der Waals surface area contributed by atoms with E-state index in [1.165, 1.54) is 14.2 Å². The van der Waals surface area contributed by atoms with E-state index in [0.717, 1.165) is 11.3 Å². The molecule has 0 unspecified atom stereocenters. The Morgan fingerprint density at radius 1 is 0.897 bits per heavy atom. The smallest absolute Gasteiger partial charge is 0.339 e. The van der Waals surface area contributed by atoms with Gasteiger partial charge in [0.25, 0.3) is 5.91 Å². The standard InChI is InChI=1S/C30H26N4O5/c1-19-28-23(30(36)39-18-27(35)31-25-16-22(37-2)14-15-26(25)38-3)17-24(20-10-6-4-7-11-20)32-29(28)34(33-19)21-12-8-5-9-13-21/h4-17H,18H2,1-3H3,(H,31,35). The third-order valence-corrected chi connectivity index (χ3v) is 6.12. The molecule has 0 aliphatic rings. The molecule has 5 aromatic rings. The number of amides is 1. The summed E-state index contributed by atoms with van der Waals surface area (Å²) in [6, 6.07) is 25.8. The second kappa shape index (κ2) is 11.1. The maximum absolute atomic E-state index is 13.4. The average molecular weight is 523 g/mol. The van der Waals surface area contributed by atoms with E-state index < -0.39 is 18.5 Å². The third kappa shape index (κ3) is 5.28. The van der Waals surface area contributed by atoms with Gasteiger partial charge in [0.1, 0.15) is 11.5 Å². The van der Waals surface area contributed by atoms with Gasteiger partial charge >= 0.3 is 5.97 Å². The van der Waals surface area contributed by atoms with Gasteiger partial charge < -0.3 is 19.5 Å². The summed E-state index contributed by atoms with van der Waals surface area (Å²) in [5.41, 5.74) is 4.00. The second-order valence-corrected chi connectivity index (χ2v) is 8.64. The van der Waals surface area contributed by atoms with Crippen molar-refractivity contribution in [3.05, 3.63) is 96.2 Å². The second-order valence-electron chi connectivity index (χ2n) is 8.64. The van der Waals surface area contributed by atoms with Gasteiger partial charge in [-0.3, -0.25) is 4.79 Å². The number of esters is 1. The number of ether oxygens (including phenoxy) is 3. The Labute approximate surface area is 225 Å². The molecule has 0 fully saturated rings. The van der Waals surface area contributed by atoms with Crippen molar-refractivity contribution in [2.45, 2.75) is 6.92 Å². The molecule has 0 saturated heterocycles. The Kier molecular flexibility index (Phi) is 7.22. The van der Waals surface area contributed by atoms with Crippen molar-refractivity contribution in [3.63, 3.8) is 0 Å². The molecule has 0 spiro atoms. The summed E-state index contributed by atoms with van der Waals surface area (Å²) in [5.74, 6) is -0.201. The quantitative estimate of drug-likeness (QED) is 0.279. The number of fused-ring (bicyclic) bond motifs is 1. The molecule has 0 saturated carbocycles. The van der Waals surface area contributed by atoms with E-state index in [4.69, 9.17) is 19.2 Å². The molecular formula is C30H26N4O5. The van der Waals surface area contributed by atoms with Crippen LogP contribution in [0.4, 0.5) is 5.69 Å². The predicted molar refractivity (Wildman–Crippen MR) is 147 cm³/mol. The molecule has 9 heteroatoms. The number of aryl methyl sites for hydroxylation is 1. The van der Waals surface area contributed by atoms with Gasteiger partial charge in [-0.1, -0.05) is 48.5 Å². The van der Waals surface area contributed by atoms with E-state index in [9.17, 15) is 9.59 Å². The SMILES string of the molecule is COc1ccc(OC)c(NC(=O)COC(=O)c2cc(-c3ccccc3)nc3c2c(C)nn3-c2ccccc2)c1. The number of aromatic nitrogens is 3. The molecule has 5 rings (SSSR count). The van der Waals surface area contributed by atoms with Crippen molar-refractivity contribution in [3.8, 4) is 28.4 Å². The van der Waals surface area contributed by atoms with E-state index in [1.54, 1.807) is 28.9 Å². The van der Waals surface area contributed by atoms with Crippen LogP contribution >= 0.6 is 0 Å². The minimum absolute atomic E-state index is 0.269. The van der Waals surface area contributed by atoms with Gasteiger partial charge in [-0.05, 0) is 37.3 Å². The highest BCUT2D eigenvalue weighted by molar-refractivity contribution is 6.06. The summed E-state index contributed by atoms with van der Waals surface area (Å²) in [6.45, 7) is 1.31. The molecule has 0 aliphatic carbocycles. The van der Waals surface area contributed by atoms with Gasteiger partial charge in [-0.2, -0.15) is 5.10 Å². The van der Waals surface area contributed by atoms with Crippen LogP contribution in [-0.4, -0.2) is 47.5 Å². The Bertz CT molecular complexity index is 1650. The fraction of sp³-hybridized carbons (Fsp3) is 0.133. The first-order valence-corrected chi connectivity index (χ1v) is 12.2. The summed E-state index contributed by atoms with van der Waals surface area (Å²) in [5, 5.41) is 7.92. The summed E-state index contributed by atoms with van der Waals surface area (Å²) in [4.78, 5) is 31.0. The van der Waals surface area contributed by atoms with Crippen LogP contribution < -0.4 is 14.8 Å². The monoisotopic (exact) mass is 522 g/mol. The largest absolute Gasteiger partial charge is 0.497 e. The molecule has 2 aromatic heterocycles. The lowest BCUT2D eigenvalue weighted by atomic mass is 10.1. The molecule has 0 atom stereocenters. The van der Waals surface area contributed by atoms with Crippen LogP contribution in [0.15, 0.2) is 84.9 Å². The highest BCUT2D eigenvalue weighted by Gasteiger charge is 2.23. The summed E-state index contributed by atoms with van der Waals surface area (Å²) < 4.78 is 17.7. The van der Waals surface area contributed by atoms with Gasteiger partial charge in [0.15, 0.2) is 12.3 Å². The number of hydrogen-bond acceptors (Lipinski definition) is 7.